The minimum atomic E-state index is -0.929. The third kappa shape index (κ3) is 6.91. The van der Waals surface area contributed by atoms with Gasteiger partial charge in [0.2, 0.25) is 17.7 Å². The second kappa shape index (κ2) is 11.0. The van der Waals surface area contributed by atoms with Crippen LogP contribution in [-0.4, -0.2) is 44.9 Å². The molecule has 9 nitrogen and oxygen atoms in total. The van der Waals surface area contributed by atoms with Crippen LogP contribution < -0.4 is 16.4 Å². The number of hydrogen-bond acceptors (Lipinski definition) is 5. The summed E-state index contributed by atoms with van der Waals surface area (Å²) < 4.78 is 0. The van der Waals surface area contributed by atoms with Crippen LogP contribution >= 0.6 is 0 Å². The van der Waals surface area contributed by atoms with Gasteiger partial charge in [-0.05, 0) is 30.0 Å². The van der Waals surface area contributed by atoms with Gasteiger partial charge in [-0.3, -0.25) is 14.4 Å². The molecule has 1 aromatic heterocycles. The monoisotopic (exact) mass is 415 g/mol. The summed E-state index contributed by atoms with van der Waals surface area (Å²) >= 11 is 0. The second-order valence-electron chi connectivity index (χ2n) is 7.33. The highest BCUT2D eigenvalue weighted by Crippen LogP contribution is 2.12. The number of aromatic nitrogens is 2. The molecule has 3 atom stereocenters. The average molecular weight is 415 g/mol. The summed E-state index contributed by atoms with van der Waals surface area (Å²) in [7, 11) is 0. The fourth-order valence-electron chi connectivity index (χ4n) is 2.96. The van der Waals surface area contributed by atoms with E-state index >= 15 is 0 Å². The number of nitrogens with zero attached hydrogens (tertiary/aromatic N) is 1. The minimum absolute atomic E-state index is 0.137. The number of phenols is 1. The van der Waals surface area contributed by atoms with Gasteiger partial charge in [-0.15, -0.1) is 0 Å². The molecule has 0 saturated carbocycles. The molecule has 0 spiro atoms. The average Bonchev–Trinajstić information content (AvgIpc) is 3.23. The highest BCUT2D eigenvalue weighted by molar-refractivity contribution is 5.91. The van der Waals surface area contributed by atoms with Gasteiger partial charge in [-0.2, -0.15) is 0 Å². The Bertz CT molecular complexity index is 836. The van der Waals surface area contributed by atoms with Crippen LogP contribution in [0.25, 0.3) is 0 Å². The molecule has 0 aliphatic carbocycles. The van der Waals surface area contributed by atoms with Gasteiger partial charge >= 0.3 is 0 Å². The van der Waals surface area contributed by atoms with Gasteiger partial charge in [0.25, 0.3) is 0 Å². The Morgan fingerprint density at radius 1 is 1.20 bits per heavy atom. The van der Waals surface area contributed by atoms with E-state index in [4.69, 9.17) is 5.73 Å². The molecular weight excluding hydrogens is 386 g/mol. The molecule has 9 heteroatoms. The predicted molar refractivity (Wildman–Crippen MR) is 111 cm³/mol. The van der Waals surface area contributed by atoms with Crippen molar-refractivity contribution in [3.05, 3.63) is 48.0 Å². The van der Waals surface area contributed by atoms with Crippen LogP contribution in [0.1, 0.15) is 37.9 Å². The number of carbonyl (C=O) groups excluding carboxylic acids is 3. The molecule has 1 aromatic carbocycles. The number of nitrogens with one attached hydrogen (secondary N) is 3. The fraction of sp³-hybridized carbons (Fsp3) is 0.429. The second-order valence-corrected chi connectivity index (χ2v) is 7.33. The number of primary amides is 1. The minimum Gasteiger partial charge on any atom is -0.508 e. The van der Waals surface area contributed by atoms with Crippen molar-refractivity contribution >= 4 is 17.7 Å². The van der Waals surface area contributed by atoms with Gasteiger partial charge in [0.1, 0.15) is 17.8 Å². The maximum absolute atomic E-state index is 12.8. The Hall–Kier alpha value is -3.36. The number of amides is 3. The normalized spacial score (nSPS) is 13.8. The zero-order chi connectivity index (χ0) is 22.1. The quantitative estimate of drug-likeness (QED) is 0.368. The molecule has 1 heterocycles. The first-order valence-electron chi connectivity index (χ1n) is 9.94. The summed E-state index contributed by atoms with van der Waals surface area (Å²) in [4.78, 5) is 43.9. The number of H-pyrrole nitrogens is 1. The Balaban J connectivity index is 1.98. The number of aromatic amines is 1. The lowest BCUT2D eigenvalue weighted by atomic mass is 9.97. The SMILES string of the molecule is CC[C@H](C)[C@H](NC(=O)CCc1ccc(O)cc1)C(=O)NC(Cc1c[nH]cn1)C(N)=O. The van der Waals surface area contributed by atoms with Crippen molar-refractivity contribution in [1.29, 1.82) is 0 Å². The molecule has 0 saturated heterocycles. The summed E-state index contributed by atoms with van der Waals surface area (Å²) in [6.45, 7) is 3.78. The molecule has 0 aliphatic rings. The number of aromatic hydroxyl groups is 1. The van der Waals surface area contributed by atoms with Gasteiger partial charge in [-0.25, -0.2) is 4.98 Å². The van der Waals surface area contributed by atoms with Crippen molar-refractivity contribution in [3.63, 3.8) is 0 Å². The van der Waals surface area contributed by atoms with E-state index in [2.05, 4.69) is 20.6 Å². The van der Waals surface area contributed by atoms with E-state index in [0.29, 0.717) is 18.5 Å². The first kappa shape index (κ1) is 22.9. The Labute approximate surface area is 175 Å². The molecule has 0 fully saturated rings. The van der Waals surface area contributed by atoms with Crippen LogP contribution in [0.5, 0.6) is 5.75 Å². The van der Waals surface area contributed by atoms with Crippen LogP contribution in [-0.2, 0) is 27.2 Å². The zero-order valence-corrected chi connectivity index (χ0v) is 17.2. The Morgan fingerprint density at radius 2 is 1.90 bits per heavy atom. The lowest BCUT2D eigenvalue weighted by molar-refractivity contribution is -0.132. The maximum Gasteiger partial charge on any atom is 0.243 e. The third-order valence-electron chi connectivity index (χ3n) is 5.02. The summed E-state index contributed by atoms with van der Waals surface area (Å²) in [6, 6.07) is 4.89. The van der Waals surface area contributed by atoms with Crippen LogP contribution in [0.15, 0.2) is 36.8 Å². The Morgan fingerprint density at radius 3 is 2.47 bits per heavy atom. The molecule has 2 aromatic rings. The number of nitrogens with two attached hydrogens (primary N) is 1. The number of benzene rings is 1. The van der Waals surface area contributed by atoms with E-state index in [1.165, 1.54) is 6.33 Å². The standard InChI is InChI=1S/C21H29N5O4/c1-3-13(2)19(26-18(28)9-6-14-4-7-16(27)8-5-14)21(30)25-17(20(22)29)10-15-11-23-12-24-15/h4-5,7-8,11-13,17,19,27H,3,6,9-10H2,1-2H3,(H2,22,29)(H,23,24)(H,25,30)(H,26,28)/t13-,17?,19-/m0/s1. The number of hydrogen-bond donors (Lipinski definition) is 5. The molecule has 0 aliphatic heterocycles. The molecule has 162 valence electrons. The van der Waals surface area contributed by atoms with Crippen LogP contribution in [0.3, 0.4) is 0 Å². The van der Waals surface area contributed by atoms with Crippen molar-refractivity contribution in [3.8, 4) is 5.75 Å². The first-order chi connectivity index (χ1) is 14.3. The number of phenolic OH excluding ortho intramolecular Hbond substituents is 1. The van der Waals surface area contributed by atoms with Crippen LogP contribution in [0.4, 0.5) is 0 Å². The maximum atomic E-state index is 12.8. The summed E-state index contributed by atoms with van der Waals surface area (Å²) in [5, 5.41) is 14.8. The van der Waals surface area contributed by atoms with Crippen molar-refractivity contribution in [2.24, 2.45) is 11.7 Å². The number of aryl methyl sites for hydroxylation is 1. The first-order valence-corrected chi connectivity index (χ1v) is 9.94. The lowest BCUT2D eigenvalue weighted by Crippen LogP contribution is -2.55. The molecule has 3 amide bonds. The van der Waals surface area contributed by atoms with Gasteiger partial charge in [0, 0.05) is 19.0 Å². The van der Waals surface area contributed by atoms with Crippen LogP contribution in [0, 0.1) is 5.92 Å². The zero-order valence-electron chi connectivity index (χ0n) is 17.2. The number of carbonyl (C=O) groups is 3. The predicted octanol–water partition coefficient (Wildman–Crippen LogP) is 0.792. The van der Waals surface area contributed by atoms with Gasteiger partial charge in [0.05, 0.1) is 12.0 Å². The molecule has 30 heavy (non-hydrogen) atoms. The Kier molecular flexibility index (Phi) is 8.40. The van der Waals surface area contributed by atoms with Gasteiger partial charge < -0.3 is 26.5 Å². The van der Waals surface area contributed by atoms with E-state index in [0.717, 1.165) is 5.56 Å². The topological polar surface area (TPSA) is 150 Å². The molecule has 6 N–H and O–H groups in total. The lowest BCUT2D eigenvalue weighted by Gasteiger charge is -2.25. The largest absolute Gasteiger partial charge is 0.508 e. The molecule has 1 unspecified atom stereocenters. The third-order valence-corrected chi connectivity index (χ3v) is 5.02. The van der Waals surface area contributed by atoms with E-state index in [1.807, 2.05) is 13.8 Å². The van der Waals surface area contributed by atoms with Gasteiger partial charge in [-0.1, -0.05) is 32.4 Å². The number of rotatable bonds is 11. The molecular formula is C21H29N5O4. The van der Waals surface area contributed by atoms with Crippen molar-refractivity contribution in [2.45, 2.75) is 51.6 Å². The highest BCUT2D eigenvalue weighted by atomic mass is 16.3. The summed E-state index contributed by atoms with van der Waals surface area (Å²) in [5.41, 5.74) is 6.94. The van der Waals surface area contributed by atoms with E-state index < -0.39 is 23.9 Å². The molecule has 0 bridgehead atoms. The summed E-state index contributed by atoms with van der Waals surface area (Å²) in [5.74, 6) is -1.38. The fourth-order valence-corrected chi connectivity index (χ4v) is 2.96. The highest BCUT2D eigenvalue weighted by Gasteiger charge is 2.29. The molecule has 2 rings (SSSR count). The molecule has 0 radical (unpaired) electrons. The summed E-state index contributed by atoms with van der Waals surface area (Å²) in [6.07, 6.45) is 4.59. The van der Waals surface area contributed by atoms with Crippen molar-refractivity contribution < 1.29 is 19.5 Å². The smallest absolute Gasteiger partial charge is 0.243 e. The van der Waals surface area contributed by atoms with E-state index in [1.54, 1.807) is 30.5 Å². The van der Waals surface area contributed by atoms with Crippen molar-refractivity contribution in [2.75, 3.05) is 0 Å². The van der Waals surface area contributed by atoms with Gasteiger partial charge in [0.15, 0.2) is 0 Å². The van der Waals surface area contributed by atoms with E-state index in [9.17, 15) is 19.5 Å². The number of imidazole rings is 1. The van der Waals surface area contributed by atoms with Crippen molar-refractivity contribution in [1.82, 2.24) is 20.6 Å². The van der Waals surface area contributed by atoms with E-state index in [-0.39, 0.29) is 30.4 Å². The van der Waals surface area contributed by atoms with Crippen LogP contribution in [0.2, 0.25) is 0 Å².